The standard InChI is InChI=1S/C16H22O4/c17-13-10-8-6-4-2-1-3-5-7-9-12-11-14(18)15(13)16(19)20-12/h11,18H,1-10H2. The number of aryl methyl sites for hydroxylation is 1. The second-order valence-corrected chi connectivity index (χ2v) is 5.51. The summed E-state index contributed by atoms with van der Waals surface area (Å²) in [4.78, 5) is 23.8. The number of fused-ring (bicyclic) bond motifs is 12. The van der Waals surface area contributed by atoms with Crippen molar-refractivity contribution in [2.45, 2.75) is 64.2 Å². The van der Waals surface area contributed by atoms with Crippen LogP contribution in [0.15, 0.2) is 15.3 Å². The summed E-state index contributed by atoms with van der Waals surface area (Å²) in [7, 11) is 0. The van der Waals surface area contributed by atoms with E-state index >= 15 is 0 Å². The number of carbonyl (C=O) groups is 1. The van der Waals surface area contributed by atoms with Crippen LogP contribution in [-0.4, -0.2) is 10.9 Å². The van der Waals surface area contributed by atoms with Crippen molar-refractivity contribution in [3.8, 4) is 5.75 Å². The van der Waals surface area contributed by atoms with Gasteiger partial charge < -0.3 is 9.52 Å². The average molecular weight is 278 g/mol. The van der Waals surface area contributed by atoms with Crippen LogP contribution in [0.2, 0.25) is 0 Å². The van der Waals surface area contributed by atoms with E-state index in [1.807, 2.05) is 0 Å². The molecule has 4 nitrogen and oxygen atoms in total. The molecule has 0 saturated heterocycles. The van der Waals surface area contributed by atoms with E-state index in [-0.39, 0.29) is 17.1 Å². The maximum atomic E-state index is 12.0. The molecule has 2 heterocycles. The van der Waals surface area contributed by atoms with E-state index in [0.29, 0.717) is 18.6 Å². The van der Waals surface area contributed by atoms with Crippen molar-refractivity contribution in [1.29, 1.82) is 0 Å². The highest BCUT2D eigenvalue weighted by Crippen LogP contribution is 2.20. The number of rotatable bonds is 0. The first-order valence-corrected chi connectivity index (χ1v) is 7.57. The second-order valence-electron chi connectivity index (χ2n) is 5.51. The van der Waals surface area contributed by atoms with Crippen LogP contribution in [0, 0.1) is 0 Å². The number of ketones is 1. The summed E-state index contributed by atoms with van der Waals surface area (Å²) < 4.78 is 5.15. The maximum absolute atomic E-state index is 12.0. The SMILES string of the molecule is O=C1CCCCCCCCCCc2cc(O)c1c(=O)o2. The molecular formula is C16H22O4. The summed E-state index contributed by atoms with van der Waals surface area (Å²) in [5.74, 6) is -0.0623. The molecule has 0 atom stereocenters. The lowest BCUT2D eigenvalue weighted by Crippen LogP contribution is -2.15. The highest BCUT2D eigenvalue weighted by Gasteiger charge is 2.18. The third-order valence-electron chi connectivity index (χ3n) is 3.84. The summed E-state index contributed by atoms with van der Waals surface area (Å²) in [5.41, 5.74) is -0.872. The molecule has 2 bridgehead atoms. The first-order valence-electron chi connectivity index (χ1n) is 7.57. The molecule has 20 heavy (non-hydrogen) atoms. The van der Waals surface area contributed by atoms with E-state index in [4.69, 9.17) is 4.42 Å². The van der Waals surface area contributed by atoms with Gasteiger partial charge in [-0.15, -0.1) is 0 Å². The second kappa shape index (κ2) is 7.27. The van der Waals surface area contributed by atoms with Gasteiger partial charge in [-0.05, 0) is 12.8 Å². The molecule has 0 amide bonds. The van der Waals surface area contributed by atoms with Crippen molar-refractivity contribution in [3.05, 3.63) is 27.8 Å². The van der Waals surface area contributed by atoms with Gasteiger partial charge in [0.25, 0.3) is 0 Å². The smallest absolute Gasteiger partial charge is 0.350 e. The average Bonchev–Trinajstić information content (AvgIpc) is 2.40. The third kappa shape index (κ3) is 3.95. The summed E-state index contributed by atoms with van der Waals surface area (Å²) >= 11 is 0. The monoisotopic (exact) mass is 278 g/mol. The zero-order valence-electron chi connectivity index (χ0n) is 11.8. The van der Waals surface area contributed by atoms with Gasteiger partial charge in [-0.2, -0.15) is 0 Å². The van der Waals surface area contributed by atoms with E-state index in [1.54, 1.807) is 0 Å². The largest absolute Gasteiger partial charge is 0.507 e. The maximum Gasteiger partial charge on any atom is 0.350 e. The van der Waals surface area contributed by atoms with Crippen LogP contribution >= 0.6 is 0 Å². The Morgan fingerprint density at radius 3 is 2.00 bits per heavy atom. The van der Waals surface area contributed by atoms with E-state index in [2.05, 4.69) is 0 Å². The fraction of sp³-hybridized carbons (Fsp3) is 0.625. The van der Waals surface area contributed by atoms with Crippen molar-refractivity contribution in [1.82, 2.24) is 0 Å². The normalized spacial score (nSPS) is 18.5. The molecule has 0 saturated carbocycles. The lowest BCUT2D eigenvalue weighted by Gasteiger charge is -2.04. The lowest BCUT2D eigenvalue weighted by molar-refractivity contribution is 0.0972. The molecule has 0 spiro atoms. The van der Waals surface area contributed by atoms with Gasteiger partial charge in [0.15, 0.2) is 5.78 Å². The Morgan fingerprint density at radius 2 is 1.40 bits per heavy atom. The topological polar surface area (TPSA) is 67.5 Å². The minimum Gasteiger partial charge on any atom is -0.507 e. The molecular weight excluding hydrogens is 256 g/mol. The molecule has 1 N–H and O–H groups in total. The van der Waals surface area contributed by atoms with Gasteiger partial charge in [0, 0.05) is 18.9 Å². The van der Waals surface area contributed by atoms with Crippen LogP contribution in [0.5, 0.6) is 5.75 Å². The number of carbonyl (C=O) groups excluding carboxylic acids is 1. The Kier molecular flexibility index (Phi) is 5.39. The molecule has 1 aromatic rings. The van der Waals surface area contributed by atoms with Gasteiger partial charge in [-0.3, -0.25) is 4.79 Å². The minimum atomic E-state index is -0.695. The van der Waals surface area contributed by atoms with Crippen LogP contribution in [-0.2, 0) is 6.42 Å². The molecule has 0 radical (unpaired) electrons. The van der Waals surface area contributed by atoms with Crippen molar-refractivity contribution in [3.63, 3.8) is 0 Å². The predicted octanol–water partition coefficient (Wildman–Crippen LogP) is 3.60. The Morgan fingerprint density at radius 1 is 0.850 bits per heavy atom. The molecule has 0 aromatic carbocycles. The Labute approximate surface area is 118 Å². The summed E-state index contributed by atoms with van der Waals surface area (Å²) in [6.45, 7) is 0. The molecule has 4 heteroatoms. The lowest BCUT2D eigenvalue weighted by atomic mass is 10.0. The number of Topliss-reactive ketones (excluding diaryl/α,β-unsaturated/α-hetero) is 1. The highest BCUT2D eigenvalue weighted by molar-refractivity contribution is 5.97. The Bertz CT molecular complexity index is 516. The Balaban J connectivity index is 2.19. The van der Waals surface area contributed by atoms with Crippen molar-refractivity contribution >= 4 is 5.78 Å². The van der Waals surface area contributed by atoms with Crippen molar-refractivity contribution < 1.29 is 14.3 Å². The first-order chi connectivity index (χ1) is 9.68. The zero-order valence-corrected chi connectivity index (χ0v) is 11.8. The van der Waals surface area contributed by atoms with Crippen molar-refractivity contribution in [2.24, 2.45) is 0 Å². The first kappa shape index (κ1) is 14.8. The van der Waals surface area contributed by atoms with Crippen LogP contribution in [0.4, 0.5) is 0 Å². The quantitative estimate of drug-likeness (QED) is 0.787. The van der Waals surface area contributed by atoms with Gasteiger partial charge in [-0.25, -0.2) is 4.79 Å². The van der Waals surface area contributed by atoms with Gasteiger partial charge >= 0.3 is 5.63 Å². The molecule has 3 rings (SSSR count). The zero-order chi connectivity index (χ0) is 14.4. The Hall–Kier alpha value is -1.58. The van der Waals surface area contributed by atoms with E-state index < -0.39 is 5.63 Å². The van der Waals surface area contributed by atoms with Crippen LogP contribution in [0.1, 0.15) is 73.9 Å². The summed E-state index contributed by atoms with van der Waals surface area (Å²) in [6.07, 6.45) is 9.49. The van der Waals surface area contributed by atoms with Crippen LogP contribution < -0.4 is 5.63 Å². The molecule has 1 aromatic heterocycles. The number of aromatic hydroxyl groups is 1. The molecule has 0 fully saturated rings. The molecule has 0 unspecified atom stereocenters. The molecule has 110 valence electrons. The third-order valence-corrected chi connectivity index (χ3v) is 3.84. The van der Waals surface area contributed by atoms with Crippen LogP contribution in [0.3, 0.4) is 0 Å². The fourth-order valence-electron chi connectivity index (χ4n) is 2.68. The van der Waals surface area contributed by atoms with Crippen LogP contribution in [0.25, 0.3) is 0 Å². The minimum absolute atomic E-state index is 0.177. The fourth-order valence-corrected chi connectivity index (χ4v) is 2.68. The molecule has 1 aliphatic carbocycles. The van der Waals surface area contributed by atoms with E-state index in [0.717, 1.165) is 32.1 Å². The van der Waals surface area contributed by atoms with Gasteiger partial charge in [-0.1, -0.05) is 38.5 Å². The van der Waals surface area contributed by atoms with Gasteiger partial charge in [0.2, 0.25) is 0 Å². The highest BCUT2D eigenvalue weighted by atomic mass is 16.4. The number of hydrogen-bond donors (Lipinski definition) is 1. The summed E-state index contributed by atoms with van der Waals surface area (Å²) in [5, 5.41) is 9.89. The van der Waals surface area contributed by atoms with Gasteiger partial charge in [0.1, 0.15) is 17.1 Å². The van der Waals surface area contributed by atoms with E-state index in [9.17, 15) is 14.7 Å². The van der Waals surface area contributed by atoms with Gasteiger partial charge in [0.05, 0.1) is 0 Å². The molecule has 1 aliphatic heterocycles. The predicted molar refractivity (Wildman–Crippen MR) is 76.2 cm³/mol. The number of hydrogen-bond acceptors (Lipinski definition) is 4. The van der Waals surface area contributed by atoms with Crippen molar-refractivity contribution in [2.75, 3.05) is 0 Å². The summed E-state index contributed by atoms with van der Waals surface area (Å²) in [6, 6.07) is 1.42. The molecule has 2 aliphatic rings. The van der Waals surface area contributed by atoms with E-state index in [1.165, 1.54) is 25.3 Å².